The van der Waals surface area contributed by atoms with E-state index in [2.05, 4.69) is 69.1 Å². The maximum Gasteiger partial charge on any atom is 0.123 e. The molecule has 136 valence electrons. The lowest BCUT2D eigenvalue weighted by Gasteiger charge is -2.26. The van der Waals surface area contributed by atoms with Crippen molar-refractivity contribution >= 4 is 17.7 Å². The summed E-state index contributed by atoms with van der Waals surface area (Å²) in [6, 6.07) is 13.2. The van der Waals surface area contributed by atoms with Gasteiger partial charge in [0.1, 0.15) is 6.29 Å². The molecule has 0 atom stereocenters. The minimum atomic E-state index is 0.261. The molecular weight excluding hydrogens is 318 g/mol. The largest absolute Gasteiger partial charge is 0.355 e. The third kappa shape index (κ3) is 4.07. The van der Waals surface area contributed by atoms with Crippen molar-refractivity contribution in [3.63, 3.8) is 0 Å². The van der Waals surface area contributed by atoms with Crippen LogP contribution in [0.3, 0.4) is 0 Å². The molecule has 1 fully saturated rings. The second-order valence-corrected chi connectivity index (χ2v) is 7.74. The molecule has 0 amide bonds. The third-order valence-electron chi connectivity index (χ3n) is 5.69. The van der Waals surface area contributed by atoms with E-state index < -0.39 is 0 Å². The number of rotatable bonds is 5. The molecule has 1 aliphatic carbocycles. The van der Waals surface area contributed by atoms with E-state index in [1.807, 2.05) is 0 Å². The molecule has 1 saturated carbocycles. The first-order valence-corrected chi connectivity index (χ1v) is 9.57. The van der Waals surface area contributed by atoms with Crippen molar-refractivity contribution in [1.29, 1.82) is 0 Å². The smallest absolute Gasteiger partial charge is 0.123 e. The lowest BCUT2D eigenvalue weighted by atomic mass is 9.78. The van der Waals surface area contributed by atoms with Crippen LogP contribution in [0.15, 0.2) is 43.0 Å². The molecule has 0 spiro atoms. The molecule has 0 bridgehead atoms. The third-order valence-corrected chi connectivity index (χ3v) is 5.69. The molecule has 2 aromatic rings. The first-order chi connectivity index (χ1) is 12.5. The molecule has 1 aliphatic rings. The van der Waals surface area contributed by atoms with Gasteiger partial charge in [0.25, 0.3) is 0 Å². The van der Waals surface area contributed by atoms with E-state index >= 15 is 0 Å². The Hall–Kier alpha value is -2.35. The summed E-state index contributed by atoms with van der Waals surface area (Å²) >= 11 is 0. The summed E-state index contributed by atoms with van der Waals surface area (Å²) in [7, 11) is 0. The number of benzene rings is 2. The molecule has 2 aromatic carbocycles. The summed E-state index contributed by atoms with van der Waals surface area (Å²) < 4.78 is 0. The van der Waals surface area contributed by atoms with Crippen molar-refractivity contribution in [2.75, 3.05) is 5.32 Å². The Bertz CT molecular complexity index is 813. The number of carbonyl (C=O) groups excluding carboxylic acids is 1. The van der Waals surface area contributed by atoms with Crippen LogP contribution in [-0.2, 0) is 4.79 Å². The Balaban J connectivity index is 1.79. The summed E-state index contributed by atoms with van der Waals surface area (Å²) in [5.74, 6) is 0.816. The Kier molecular flexibility index (Phi) is 5.61. The van der Waals surface area contributed by atoms with E-state index in [1.165, 1.54) is 27.8 Å². The van der Waals surface area contributed by atoms with Crippen LogP contribution in [0.4, 0.5) is 5.69 Å². The molecule has 3 rings (SSSR count). The van der Waals surface area contributed by atoms with Gasteiger partial charge < -0.3 is 10.1 Å². The van der Waals surface area contributed by atoms with Gasteiger partial charge >= 0.3 is 0 Å². The van der Waals surface area contributed by atoms with E-state index in [-0.39, 0.29) is 5.92 Å². The molecule has 0 radical (unpaired) electrons. The van der Waals surface area contributed by atoms with Gasteiger partial charge in [-0.1, -0.05) is 36.4 Å². The fourth-order valence-corrected chi connectivity index (χ4v) is 3.99. The summed E-state index contributed by atoms with van der Waals surface area (Å²) in [6.07, 6.45) is 5.36. The van der Waals surface area contributed by atoms with E-state index in [9.17, 15) is 4.79 Å². The van der Waals surface area contributed by atoms with Gasteiger partial charge in [0.2, 0.25) is 0 Å². The fraction of sp³-hybridized carbons (Fsp3) is 0.375. The van der Waals surface area contributed by atoms with Gasteiger partial charge in [0, 0.05) is 22.9 Å². The Labute approximate surface area is 157 Å². The van der Waals surface area contributed by atoms with Gasteiger partial charge in [-0.15, -0.1) is 0 Å². The van der Waals surface area contributed by atoms with Crippen LogP contribution in [0.25, 0.3) is 5.70 Å². The quantitative estimate of drug-likeness (QED) is 0.656. The summed E-state index contributed by atoms with van der Waals surface area (Å²) in [5, 5.41) is 3.50. The van der Waals surface area contributed by atoms with E-state index in [1.54, 1.807) is 0 Å². The maximum atomic E-state index is 11.0. The number of anilines is 1. The van der Waals surface area contributed by atoms with Crippen LogP contribution in [0.1, 0.15) is 59.4 Å². The van der Waals surface area contributed by atoms with Crippen LogP contribution in [0, 0.1) is 26.7 Å². The lowest BCUT2D eigenvalue weighted by molar-refractivity contribution is -0.111. The van der Waals surface area contributed by atoms with Gasteiger partial charge in [-0.05, 0) is 81.2 Å². The molecule has 0 aromatic heterocycles. The van der Waals surface area contributed by atoms with E-state index in [0.717, 1.165) is 43.4 Å². The van der Waals surface area contributed by atoms with E-state index in [0.29, 0.717) is 5.92 Å². The highest BCUT2D eigenvalue weighted by Crippen LogP contribution is 2.36. The zero-order valence-electron chi connectivity index (χ0n) is 16.1. The molecule has 2 heteroatoms. The number of carbonyl (C=O) groups is 1. The van der Waals surface area contributed by atoms with Crippen LogP contribution in [0.5, 0.6) is 0 Å². The molecule has 0 unspecified atom stereocenters. The van der Waals surface area contributed by atoms with Crippen LogP contribution >= 0.6 is 0 Å². The highest BCUT2D eigenvalue weighted by molar-refractivity contribution is 5.78. The van der Waals surface area contributed by atoms with Crippen molar-refractivity contribution in [3.8, 4) is 0 Å². The zero-order valence-corrected chi connectivity index (χ0v) is 16.1. The predicted molar refractivity (Wildman–Crippen MR) is 111 cm³/mol. The second-order valence-electron chi connectivity index (χ2n) is 7.74. The molecule has 26 heavy (non-hydrogen) atoms. The summed E-state index contributed by atoms with van der Waals surface area (Å²) in [6.45, 7) is 10.7. The van der Waals surface area contributed by atoms with Crippen molar-refractivity contribution in [3.05, 3.63) is 70.8 Å². The normalized spacial score (nSPS) is 19.8. The molecule has 0 aliphatic heterocycles. The molecule has 0 saturated heterocycles. The Morgan fingerprint density at radius 3 is 2.38 bits per heavy atom. The molecular formula is C24H29NO. The average molecular weight is 348 g/mol. The fourth-order valence-electron chi connectivity index (χ4n) is 3.99. The first-order valence-electron chi connectivity index (χ1n) is 9.57. The van der Waals surface area contributed by atoms with Gasteiger partial charge in [-0.3, -0.25) is 0 Å². The maximum absolute atomic E-state index is 11.0. The highest BCUT2D eigenvalue weighted by atomic mass is 16.1. The van der Waals surface area contributed by atoms with Crippen molar-refractivity contribution in [2.45, 2.75) is 52.4 Å². The Morgan fingerprint density at radius 2 is 1.73 bits per heavy atom. The molecule has 0 heterocycles. The lowest BCUT2D eigenvalue weighted by Crippen LogP contribution is -2.14. The van der Waals surface area contributed by atoms with Gasteiger partial charge in [0.05, 0.1) is 0 Å². The summed E-state index contributed by atoms with van der Waals surface area (Å²) in [4.78, 5) is 11.0. The van der Waals surface area contributed by atoms with Gasteiger partial charge in [0.15, 0.2) is 0 Å². The number of aldehydes is 1. The Morgan fingerprint density at radius 1 is 1.00 bits per heavy atom. The summed E-state index contributed by atoms with van der Waals surface area (Å²) in [5.41, 5.74) is 8.33. The van der Waals surface area contributed by atoms with E-state index in [4.69, 9.17) is 0 Å². The number of aryl methyl sites for hydroxylation is 3. The average Bonchev–Trinajstić information content (AvgIpc) is 2.64. The van der Waals surface area contributed by atoms with Crippen molar-refractivity contribution in [1.82, 2.24) is 0 Å². The predicted octanol–water partition coefficient (Wildman–Crippen LogP) is 6.17. The van der Waals surface area contributed by atoms with Gasteiger partial charge in [-0.25, -0.2) is 0 Å². The molecule has 1 N–H and O–H groups in total. The van der Waals surface area contributed by atoms with Crippen LogP contribution in [0.2, 0.25) is 0 Å². The van der Waals surface area contributed by atoms with Gasteiger partial charge in [-0.2, -0.15) is 0 Å². The first kappa shape index (κ1) is 18.4. The topological polar surface area (TPSA) is 29.1 Å². The number of nitrogens with one attached hydrogen (secondary N) is 1. The number of hydrogen-bond donors (Lipinski definition) is 1. The minimum Gasteiger partial charge on any atom is -0.355 e. The standard InChI is InChI=1S/C24H29NO/c1-16-5-12-24(18(3)13-16)25-19(4)23-14-22(9-6-17(23)2)21-10-7-20(15-26)8-11-21/h5-6,9,12-15,20-21,25H,4,7-8,10-11H2,1-3H3. The zero-order chi connectivity index (χ0) is 18.7. The van der Waals surface area contributed by atoms with Crippen molar-refractivity contribution in [2.24, 2.45) is 5.92 Å². The SMILES string of the molecule is C=C(Nc1ccc(C)cc1C)c1cc(C2CCC(C=O)CC2)ccc1C. The minimum absolute atomic E-state index is 0.261. The van der Waals surface area contributed by atoms with Crippen LogP contribution < -0.4 is 5.32 Å². The highest BCUT2D eigenvalue weighted by Gasteiger charge is 2.22. The van der Waals surface area contributed by atoms with Crippen LogP contribution in [-0.4, -0.2) is 6.29 Å². The second kappa shape index (κ2) is 7.90. The monoisotopic (exact) mass is 347 g/mol. The molecule has 2 nitrogen and oxygen atoms in total. The van der Waals surface area contributed by atoms with Crippen molar-refractivity contribution < 1.29 is 4.79 Å². The number of hydrogen-bond acceptors (Lipinski definition) is 2.